The number of fused-ring (bicyclic) bond motifs is 1. The van der Waals surface area contributed by atoms with Crippen molar-refractivity contribution in [2.45, 2.75) is 6.92 Å². The average molecular weight is 256 g/mol. The SMILES string of the molecule is Cc1ccncc1-c1ccc2c(c1F)NC(=O)C2=O. The first kappa shape index (κ1) is 11.5. The molecule has 0 aliphatic carbocycles. The van der Waals surface area contributed by atoms with Gasteiger partial charge in [0, 0.05) is 23.5 Å². The summed E-state index contributed by atoms with van der Waals surface area (Å²) in [6.07, 6.45) is 3.17. The van der Waals surface area contributed by atoms with E-state index in [4.69, 9.17) is 0 Å². The second kappa shape index (κ2) is 3.98. The molecule has 4 nitrogen and oxygen atoms in total. The minimum atomic E-state index is -0.797. The molecule has 2 aromatic rings. The van der Waals surface area contributed by atoms with Crippen LogP contribution in [0.1, 0.15) is 15.9 Å². The fourth-order valence-corrected chi connectivity index (χ4v) is 2.13. The second-order valence-corrected chi connectivity index (χ2v) is 4.32. The summed E-state index contributed by atoms with van der Waals surface area (Å²) in [5.41, 5.74) is 1.85. The molecule has 3 rings (SSSR count). The van der Waals surface area contributed by atoms with Gasteiger partial charge in [0.05, 0.1) is 11.3 Å². The smallest absolute Gasteiger partial charge is 0.296 e. The third-order valence-corrected chi connectivity index (χ3v) is 3.16. The molecule has 1 aromatic heterocycles. The Kier molecular flexibility index (Phi) is 2.41. The van der Waals surface area contributed by atoms with E-state index in [0.717, 1.165) is 5.56 Å². The molecule has 1 amide bonds. The molecule has 19 heavy (non-hydrogen) atoms. The number of hydrogen-bond acceptors (Lipinski definition) is 3. The van der Waals surface area contributed by atoms with E-state index in [1.807, 2.05) is 6.92 Å². The van der Waals surface area contributed by atoms with Crippen LogP contribution in [0.25, 0.3) is 11.1 Å². The predicted molar refractivity (Wildman–Crippen MR) is 67.3 cm³/mol. The van der Waals surface area contributed by atoms with E-state index in [1.54, 1.807) is 18.5 Å². The maximum Gasteiger partial charge on any atom is 0.296 e. The van der Waals surface area contributed by atoms with Gasteiger partial charge in [-0.3, -0.25) is 14.6 Å². The minimum Gasteiger partial charge on any atom is -0.316 e. The van der Waals surface area contributed by atoms with Crippen LogP contribution in [0.15, 0.2) is 30.6 Å². The fraction of sp³-hybridized carbons (Fsp3) is 0.0714. The molecule has 1 aliphatic heterocycles. The van der Waals surface area contributed by atoms with Crippen molar-refractivity contribution in [1.82, 2.24) is 4.98 Å². The molecule has 0 fully saturated rings. The summed E-state index contributed by atoms with van der Waals surface area (Å²) >= 11 is 0. The van der Waals surface area contributed by atoms with Crippen LogP contribution in [0.5, 0.6) is 0 Å². The summed E-state index contributed by atoms with van der Waals surface area (Å²) in [6.45, 7) is 1.84. The fourth-order valence-electron chi connectivity index (χ4n) is 2.13. The minimum absolute atomic E-state index is 0.0456. The highest BCUT2D eigenvalue weighted by atomic mass is 19.1. The first-order valence-corrected chi connectivity index (χ1v) is 5.68. The van der Waals surface area contributed by atoms with Crippen LogP contribution in [0.4, 0.5) is 10.1 Å². The average Bonchev–Trinajstić information content (AvgIpc) is 2.69. The summed E-state index contributed by atoms with van der Waals surface area (Å²) < 4.78 is 14.4. The number of carbonyl (C=O) groups is 2. The molecule has 1 aromatic carbocycles. The van der Waals surface area contributed by atoms with E-state index >= 15 is 0 Å². The molecule has 0 radical (unpaired) electrons. The van der Waals surface area contributed by atoms with Gasteiger partial charge in [0.1, 0.15) is 0 Å². The van der Waals surface area contributed by atoms with Crippen LogP contribution < -0.4 is 5.32 Å². The van der Waals surface area contributed by atoms with Crippen molar-refractivity contribution >= 4 is 17.4 Å². The second-order valence-electron chi connectivity index (χ2n) is 4.32. The largest absolute Gasteiger partial charge is 0.316 e. The number of Topliss-reactive ketones (excluding diaryl/α,β-unsaturated/α-hetero) is 1. The number of aromatic nitrogens is 1. The van der Waals surface area contributed by atoms with E-state index in [1.165, 1.54) is 12.1 Å². The summed E-state index contributed by atoms with van der Waals surface area (Å²) in [5, 5.41) is 2.26. The molecule has 0 unspecified atom stereocenters. The highest BCUT2D eigenvalue weighted by Gasteiger charge is 2.31. The Bertz CT molecular complexity index is 725. The number of pyridine rings is 1. The molecular formula is C14H9FN2O2. The lowest BCUT2D eigenvalue weighted by molar-refractivity contribution is -0.112. The van der Waals surface area contributed by atoms with E-state index in [0.29, 0.717) is 11.1 Å². The normalized spacial score (nSPS) is 13.4. The van der Waals surface area contributed by atoms with Crippen LogP contribution in [0, 0.1) is 12.7 Å². The van der Waals surface area contributed by atoms with Gasteiger partial charge in [0.2, 0.25) is 0 Å². The van der Waals surface area contributed by atoms with Crippen molar-refractivity contribution in [1.29, 1.82) is 0 Å². The van der Waals surface area contributed by atoms with Crippen LogP contribution in [0.3, 0.4) is 0 Å². The van der Waals surface area contributed by atoms with E-state index in [2.05, 4.69) is 10.3 Å². The Balaban J connectivity index is 2.23. The summed E-state index contributed by atoms with van der Waals surface area (Å²) in [7, 11) is 0. The monoisotopic (exact) mass is 256 g/mol. The number of benzene rings is 1. The van der Waals surface area contributed by atoms with Crippen molar-refractivity contribution in [2.24, 2.45) is 0 Å². The molecule has 2 heterocycles. The Morgan fingerprint density at radius 3 is 2.58 bits per heavy atom. The quantitative estimate of drug-likeness (QED) is 0.796. The van der Waals surface area contributed by atoms with Gasteiger partial charge in [0.25, 0.3) is 11.7 Å². The van der Waals surface area contributed by atoms with E-state index < -0.39 is 17.5 Å². The molecule has 1 aliphatic rings. The van der Waals surface area contributed by atoms with Gasteiger partial charge in [-0.25, -0.2) is 4.39 Å². The number of amides is 1. The molecule has 0 saturated heterocycles. The van der Waals surface area contributed by atoms with Crippen LogP contribution >= 0.6 is 0 Å². The number of aryl methyl sites for hydroxylation is 1. The number of nitrogens with one attached hydrogen (secondary N) is 1. The van der Waals surface area contributed by atoms with Crippen molar-refractivity contribution in [3.63, 3.8) is 0 Å². The molecule has 0 bridgehead atoms. The lowest BCUT2D eigenvalue weighted by Crippen LogP contribution is -2.12. The standard InChI is InChI=1S/C14H9FN2O2/c1-7-4-5-16-6-10(7)8-2-3-9-12(11(8)15)17-14(19)13(9)18/h2-6H,1H3,(H,17,18,19). The number of nitrogens with zero attached hydrogens (tertiary/aromatic N) is 1. The summed E-state index contributed by atoms with van der Waals surface area (Å²) in [4.78, 5) is 26.7. The molecule has 1 N–H and O–H groups in total. The van der Waals surface area contributed by atoms with Crippen molar-refractivity contribution in [3.05, 3.63) is 47.5 Å². The van der Waals surface area contributed by atoms with Gasteiger partial charge in [-0.05, 0) is 24.6 Å². The molecule has 0 spiro atoms. The number of rotatable bonds is 1. The first-order valence-electron chi connectivity index (χ1n) is 5.68. The van der Waals surface area contributed by atoms with Gasteiger partial charge >= 0.3 is 0 Å². The van der Waals surface area contributed by atoms with E-state index in [-0.39, 0.29) is 11.3 Å². The van der Waals surface area contributed by atoms with Gasteiger partial charge in [-0.15, -0.1) is 0 Å². The maximum atomic E-state index is 14.4. The van der Waals surface area contributed by atoms with Gasteiger partial charge in [-0.2, -0.15) is 0 Å². The Hall–Kier alpha value is -2.56. The lowest BCUT2D eigenvalue weighted by Gasteiger charge is -2.09. The number of ketones is 1. The van der Waals surface area contributed by atoms with Gasteiger partial charge < -0.3 is 5.32 Å². The third-order valence-electron chi connectivity index (χ3n) is 3.16. The highest BCUT2D eigenvalue weighted by Crippen LogP contribution is 2.34. The Labute approximate surface area is 108 Å². The van der Waals surface area contributed by atoms with Gasteiger partial charge in [-0.1, -0.05) is 6.07 Å². The number of carbonyl (C=O) groups excluding carboxylic acids is 2. The van der Waals surface area contributed by atoms with Crippen LogP contribution in [0.2, 0.25) is 0 Å². The Morgan fingerprint density at radius 2 is 1.84 bits per heavy atom. The number of hydrogen-bond donors (Lipinski definition) is 1. The maximum absolute atomic E-state index is 14.4. The number of anilines is 1. The molecule has 94 valence electrons. The van der Waals surface area contributed by atoms with Crippen LogP contribution in [-0.4, -0.2) is 16.7 Å². The van der Waals surface area contributed by atoms with Crippen LogP contribution in [-0.2, 0) is 4.79 Å². The summed E-state index contributed by atoms with van der Waals surface area (Å²) in [5.74, 6) is -2.11. The molecular weight excluding hydrogens is 247 g/mol. The van der Waals surface area contributed by atoms with Gasteiger partial charge in [0.15, 0.2) is 5.82 Å². The zero-order chi connectivity index (χ0) is 13.6. The molecule has 5 heteroatoms. The zero-order valence-electron chi connectivity index (χ0n) is 10.0. The highest BCUT2D eigenvalue weighted by molar-refractivity contribution is 6.51. The number of halogens is 1. The molecule has 0 atom stereocenters. The molecule has 0 saturated carbocycles. The zero-order valence-corrected chi connectivity index (χ0v) is 10.0. The topological polar surface area (TPSA) is 59.1 Å². The lowest BCUT2D eigenvalue weighted by atomic mass is 9.99. The third kappa shape index (κ3) is 1.62. The van der Waals surface area contributed by atoms with Crippen molar-refractivity contribution in [3.8, 4) is 11.1 Å². The van der Waals surface area contributed by atoms with Crippen molar-refractivity contribution < 1.29 is 14.0 Å². The Morgan fingerprint density at radius 1 is 1.11 bits per heavy atom. The van der Waals surface area contributed by atoms with Crippen molar-refractivity contribution in [2.75, 3.05) is 5.32 Å². The van der Waals surface area contributed by atoms with E-state index in [9.17, 15) is 14.0 Å². The first-order chi connectivity index (χ1) is 9.09. The predicted octanol–water partition coefficient (Wildman–Crippen LogP) is 2.33. The summed E-state index contributed by atoms with van der Waals surface area (Å²) in [6, 6.07) is 4.72.